The van der Waals surface area contributed by atoms with Gasteiger partial charge in [0.2, 0.25) is 11.8 Å². The zero-order chi connectivity index (χ0) is 12.4. The number of nitrogens with one attached hydrogen (secondary N) is 1. The summed E-state index contributed by atoms with van der Waals surface area (Å²) < 4.78 is 0. The first-order valence-corrected chi connectivity index (χ1v) is 7.42. The van der Waals surface area contributed by atoms with Crippen LogP contribution in [0.15, 0.2) is 0 Å². The average molecular weight is 256 g/mol. The average Bonchev–Trinajstić information content (AvgIpc) is 2.84. The van der Waals surface area contributed by atoms with Crippen molar-refractivity contribution in [2.24, 2.45) is 5.92 Å². The SMILES string of the molecule is CC(C)N1C(=O)CC(NCC2CCSC2)C1=O. The lowest BCUT2D eigenvalue weighted by Crippen LogP contribution is -2.43. The van der Waals surface area contributed by atoms with E-state index in [1.165, 1.54) is 22.8 Å². The molecule has 2 aliphatic rings. The van der Waals surface area contributed by atoms with Gasteiger partial charge in [0.1, 0.15) is 0 Å². The summed E-state index contributed by atoms with van der Waals surface area (Å²) in [6, 6.07) is -0.306. The van der Waals surface area contributed by atoms with Gasteiger partial charge in [-0.05, 0) is 44.2 Å². The van der Waals surface area contributed by atoms with Gasteiger partial charge in [0.25, 0.3) is 0 Å². The Bertz CT molecular complexity index is 314. The molecular formula is C12H20N2O2S. The number of carbonyl (C=O) groups excluding carboxylic acids is 2. The third kappa shape index (κ3) is 2.83. The topological polar surface area (TPSA) is 49.4 Å². The highest BCUT2D eigenvalue weighted by Crippen LogP contribution is 2.23. The highest BCUT2D eigenvalue weighted by molar-refractivity contribution is 7.99. The number of nitrogens with zero attached hydrogens (tertiary/aromatic N) is 1. The Kier molecular flexibility index (Phi) is 4.09. The summed E-state index contributed by atoms with van der Waals surface area (Å²) in [7, 11) is 0. The summed E-state index contributed by atoms with van der Waals surface area (Å²) >= 11 is 1.97. The van der Waals surface area contributed by atoms with Crippen LogP contribution in [0.5, 0.6) is 0 Å². The van der Waals surface area contributed by atoms with E-state index < -0.39 is 0 Å². The van der Waals surface area contributed by atoms with Gasteiger partial charge in [0.15, 0.2) is 0 Å². The van der Waals surface area contributed by atoms with Gasteiger partial charge < -0.3 is 5.32 Å². The minimum absolute atomic E-state index is 0.0242. The molecule has 96 valence electrons. The summed E-state index contributed by atoms with van der Waals surface area (Å²) in [4.78, 5) is 25.1. The van der Waals surface area contributed by atoms with Crippen LogP contribution in [0.4, 0.5) is 0 Å². The highest BCUT2D eigenvalue weighted by atomic mass is 32.2. The van der Waals surface area contributed by atoms with Gasteiger partial charge in [-0.2, -0.15) is 11.8 Å². The predicted octanol–water partition coefficient (Wildman–Crippen LogP) is 0.865. The van der Waals surface area contributed by atoms with Crippen LogP contribution in [0.3, 0.4) is 0 Å². The zero-order valence-corrected chi connectivity index (χ0v) is 11.3. The van der Waals surface area contributed by atoms with E-state index in [1.54, 1.807) is 0 Å². The van der Waals surface area contributed by atoms with Gasteiger partial charge in [-0.25, -0.2) is 0 Å². The first kappa shape index (κ1) is 12.9. The third-order valence-electron chi connectivity index (χ3n) is 3.38. The number of thioether (sulfide) groups is 1. The molecule has 2 saturated heterocycles. The molecule has 0 aliphatic carbocycles. The van der Waals surface area contributed by atoms with Crippen molar-refractivity contribution in [3.63, 3.8) is 0 Å². The van der Waals surface area contributed by atoms with E-state index in [-0.39, 0.29) is 23.9 Å². The minimum atomic E-state index is -0.282. The van der Waals surface area contributed by atoms with Crippen molar-refractivity contribution < 1.29 is 9.59 Å². The maximum Gasteiger partial charge on any atom is 0.247 e. The molecule has 0 aromatic heterocycles. The van der Waals surface area contributed by atoms with Crippen LogP contribution >= 0.6 is 11.8 Å². The van der Waals surface area contributed by atoms with Gasteiger partial charge in [-0.1, -0.05) is 0 Å². The lowest BCUT2D eigenvalue weighted by Gasteiger charge is -2.19. The van der Waals surface area contributed by atoms with Gasteiger partial charge in [0.05, 0.1) is 12.5 Å². The lowest BCUT2D eigenvalue weighted by atomic mass is 10.1. The van der Waals surface area contributed by atoms with Crippen LogP contribution in [0.1, 0.15) is 26.7 Å². The van der Waals surface area contributed by atoms with E-state index in [9.17, 15) is 9.59 Å². The molecule has 2 amide bonds. The first-order chi connectivity index (χ1) is 8.09. The van der Waals surface area contributed by atoms with Crippen molar-refractivity contribution in [3.05, 3.63) is 0 Å². The standard InChI is InChI=1S/C12H20N2O2S/c1-8(2)14-11(15)5-10(12(14)16)13-6-9-3-4-17-7-9/h8-10,13H,3-7H2,1-2H3. The number of hydrogen-bond acceptors (Lipinski definition) is 4. The van der Waals surface area contributed by atoms with Crippen molar-refractivity contribution in [2.45, 2.75) is 38.8 Å². The lowest BCUT2D eigenvalue weighted by molar-refractivity contribution is -0.140. The minimum Gasteiger partial charge on any atom is -0.305 e. The molecule has 2 unspecified atom stereocenters. The van der Waals surface area contributed by atoms with E-state index >= 15 is 0 Å². The maximum atomic E-state index is 12.0. The van der Waals surface area contributed by atoms with Crippen molar-refractivity contribution in [1.82, 2.24) is 10.2 Å². The number of likely N-dealkylation sites (tertiary alicyclic amines) is 1. The Hall–Kier alpha value is -0.550. The molecule has 1 N–H and O–H groups in total. The van der Waals surface area contributed by atoms with E-state index in [2.05, 4.69) is 5.32 Å². The second kappa shape index (κ2) is 5.40. The van der Waals surface area contributed by atoms with E-state index in [0.29, 0.717) is 12.3 Å². The van der Waals surface area contributed by atoms with Crippen LogP contribution in [-0.4, -0.2) is 46.8 Å². The molecule has 2 fully saturated rings. The van der Waals surface area contributed by atoms with Crippen LogP contribution in [0.2, 0.25) is 0 Å². The summed E-state index contributed by atoms with van der Waals surface area (Å²) in [5, 5.41) is 3.26. The molecule has 0 aromatic rings. The molecule has 0 spiro atoms. The Morgan fingerprint density at radius 1 is 1.47 bits per heavy atom. The molecule has 17 heavy (non-hydrogen) atoms. The number of hydrogen-bond donors (Lipinski definition) is 1. The Balaban J connectivity index is 1.85. The Labute approximate surface area is 106 Å². The fourth-order valence-corrected chi connectivity index (χ4v) is 3.69. The van der Waals surface area contributed by atoms with Crippen molar-refractivity contribution in [3.8, 4) is 0 Å². The Morgan fingerprint density at radius 3 is 2.76 bits per heavy atom. The molecule has 0 radical (unpaired) electrons. The summed E-state index contributed by atoms with van der Waals surface area (Å²) in [5.74, 6) is 2.98. The van der Waals surface area contributed by atoms with Gasteiger partial charge in [0, 0.05) is 6.04 Å². The number of imide groups is 1. The predicted molar refractivity (Wildman–Crippen MR) is 68.8 cm³/mol. The highest BCUT2D eigenvalue weighted by Gasteiger charge is 2.39. The summed E-state index contributed by atoms with van der Waals surface area (Å²) in [6.07, 6.45) is 1.55. The molecule has 2 atom stereocenters. The van der Waals surface area contributed by atoms with Gasteiger partial charge in [-0.15, -0.1) is 0 Å². The van der Waals surface area contributed by atoms with Crippen LogP contribution < -0.4 is 5.32 Å². The molecule has 2 rings (SSSR count). The van der Waals surface area contributed by atoms with Gasteiger partial charge >= 0.3 is 0 Å². The monoisotopic (exact) mass is 256 g/mol. The Morgan fingerprint density at radius 2 is 2.24 bits per heavy atom. The number of amides is 2. The van der Waals surface area contributed by atoms with E-state index in [4.69, 9.17) is 0 Å². The molecule has 0 bridgehead atoms. The fraction of sp³-hybridized carbons (Fsp3) is 0.833. The normalized spacial score (nSPS) is 29.7. The summed E-state index contributed by atoms with van der Waals surface area (Å²) in [5.41, 5.74) is 0. The van der Waals surface area contributed by atoms with Crippen molar-refractivity contribution >= 4 is 23.6 Å². The second-order valence-corrected chi connectivity index (χ2v) is 6.24. The van der Waals surface area contributed by atoms with Crippen molar-refractivity contribution in [1.29, 1.82) is 0 Å². The molecule has 0 saturated carbocycles. The number of rotatable bonds is 4. The molecule has 0 aromatic carbocycles. The van der Waals surface area contributed by atoms with Crippen LogP contribution in [0, 0.1) is 5.92 Å². The zero-order valence-electron chi connectivity index (χ0n) is 10.4. The molecule has 4 nitrogen and oxygen atoms in total. The van der Waals surface area contributed by atoms with Crippen LogP contribution in [0.25, 0.3) is 0 Å². The maximum absolute atomic E-state index is 12.0. The van der Waals surface area contributed by atoms with Crippen LogP contribution in [-0.2, 0) is 9.59 Å². The quantitative estimate of drug-likeness (QED) is 0.758. The summed E-state index contributed by atoms with van der Waals surface area (Å²) in [6.45, 7) is 4.63. The van der Waals surface area contributed by atoms with E-state index in [1.807, 2.05) is 25.6 Å². The van der Waals surface area contributed by atoms with E-state index in [0.717, 1.165) is 6.54 Å². The van der Waals surface area contributed by atoms with Crippen molar-refractivity contribution in [2.75, 3.05) is 18.1 Å². The fourth-order valence-electron chi connectivity index (χ4n) is 2.41. The first-order valence-electron chi connectivity index (χ1n) is 6.26. The molecular weight excluding hydrogens is 236 g/mol. The second-order valence-electron chi connectivity index (χ2n) is 5.09. The largest absolute Gasteiger partial charge is 0.305 e. The third-order valence-corrected chi connectivity index (χ3v) is 4.61. The molecule has 5 heteroatoms. The number of carbonyl (C=O) groups is 2. The van der Waals surface area contributed by atoms with Gasteiger partial charge in [-0.3, -0.25) is 14.5 Å². The smallest absolute Gasteiger partial charge is 0.247 e. The molecule has 2 heterocycles. The molecule has 2 aliphatic heterocycles.